The lowest BCUT2D eigenvalue weighted by Gasteiger charge is -2.22. The van der Waals surface area contributed by atoms with Crippen molar-refractivity contribution in [2.24, 2.45) is 0 Å². The van der Waals surface area contributed by atoms with Gasteiger partial charge in [0.25, 0.3) is 0 Å². The smallest absolute Gasteiger partial charge is 0.240 e. The Morgan fingerprint density at radius 2 is 2.36 bits per heavy atom. The Labute approximate surface area is 128 Å². The zero-order valence-corrected chi connectivity index (χ0v) is 12.4. The topological polar surface area (TPSA) is 45.5 Å². The van der Waals surface area contributed by atoms with Crippen molar-refractivity contribution in [1.82, 2.24) is 9.78 Å². The second-order valence-corrected chi connectivity index (χ2v) is 5.14. The summed E-state index contributed by atoms with van der Waals surface area (Å²) in [6.07, 6.45) is 4.45. The molecule has 0 saturated carbocycles. The van der Waals surface area contributed by atoms with Crippen molar-refractivity contribution in [3.05, 3.63) is 36.4 Å². The Hall–Kier alpha value is -1.92. The van der Waals surface area contributed by atoms with Gasteiger partial charge in [0, 0.05) is 19.9 Å². The van der Waals surface area contributed by atoms with E-state index in [0.717, 1.165) is 19.3 Å². The molecule has 1 unspecified atom stereocenters. The summed E-state index contributed by atoms with van der Waals surface area (Å²) in [5.41, 5.74) is 1.07. The first-order valence-corrected chi connectivity index (χ1v) is 7.27. The zero-order chi connectivity index (χ0) is 15.4. The van der Waals surface area contributed by atoms with E-state index in [2.05, 4.69) is 11.2 Å². The van der Waals surface area contributed by atoms with Crippen LogP contribution in [0.2, 0.25) is 0 Å². The van der Waals surface area contributed by atoms with Crippen LogP contribution in [-0.2, 0) is 9.47 Å². The Kier molecular flexibility index (Phi) is 4.70. The monoisotopic (exact) mass is 305 g/mol. The van der Waals surface area contributed by atoms with Gasteiger partial charge in [0.15, 0.2) is 6.79 Å². The molecule has 5 nitrogen and oxygen atoms in total. The Bertz CT molecular complexity index is 624. The van der Waals surface area contributed by atoms with E-state index in [1.165, 1.54) is 0 Å². The third kappa shape index (κ3) is 3.28. The van der Waals surface area contributed by atoms with Gasteiger partial charge in [0.05, 0.1) is 5.56 Å². The first kappa shape index (κ1) is 15.0. The molecular formula is C16H18FN2O3. The molecule has 0 bridgehead atoms. The van der Waals surface area contributed by atoms with Crippen LogP contribution >= 0.6 is 0 Å². The fraction of sp³-hybridized carbons (Fsp3) is 0.438. The van der Waals surface area contributed by atoms with Crippen LogP contribution < -0.4 is 4.74 Å². The number of hydrogen-bond donors (Lipinski definition) is 0. The summed E-state index contributed by atoms with van der Waals surface area (Å²) in [5.74, 6) is 0.0480. The number of halogens is 1. The average Bonchev–Trinajstić information content (AvgIpc) is 2.96. The van der Waals surface area contributed by atoms with Crippen molar-refractivity contribution in [3.63, 3.8) is 0 Å². The van der Waals surface area contributed by atoms with E-state index in [0.29, 0.717) is 23.5 Å². The Morgan fingerprint density at radius 1 is 1.45 bits per heavy atom. The maximum Gasteiger partial charge on any atom is 0.240 e. The summed E-state index contributed by atoms with van der Waals surface area (Å²) in [6.45, 7) is 0.824. The maximum absolute atomic E-state index is 14.2. The number of methoxy groups -OCH3 is 1. The van der Waals surface area contributed by atoms with Gasteiger partial charge >= 0.3 is 0 Å². The van der Waals surface area contributed by atoms with E-state index in [4.69, 9.17) is 14.2 Å². The van der Waals surface area contributed by atoms with Crippen molar-refractivity contribution >= 4 is 0 Å². The van der Waals surface area contributed by atoms with Crippen LogP contribution in [-0.4, -0.2) is 30.3 Å². The van der Waals surface area contributed by atoms with Crippen LogP contribution in [0.4, 0.5) is 4.39 Å². The van der Waals surface area contributed by atoms with E-state index in [-0.39, 0.29) is 13.0 Å². The van der Waals surface area contributed by atoms with E-state index in [9.17, 15) is 4.39 Å². The van der Waals surface area contributed by atoms with E-state index >= 15 is 0 Å². The van der Waals surface area contributed by atoms with Crippen molar-refractivity contribution in [2.45, 2.75) is 25.5 Å². The summed E-state index contributed by atoms with van der Waals surface area (Å²) >= 11 is 0. The predicted octanol–water partition coefficient (Wildman–Crippen LogP) is 3.17. The third-order valence-electron chi connectivity index (χ3n) is 3.55. The van der Waals surface area contributed by atoms with E-state index in [1.807, 2.05) is 0 Å². The van der Waals surface area contributed by atoms with Gasteiger partial charge < -0.3 is 14.2 Å². The fourth-order valence-electron chi connectivity index (χ4n) is 2.46. The molecule has 6 heteroatoms. The largest absolute Gasteiger partial charge is 0.468 e. The molecule has 1 saturated heterocycles. The number of hydrogen-bond acceptors (Lipinski definition) is 4. The second kappa shape index (κ2) is 6.89. The highest BCUT2D eigenvalue weighted by Crippen LogP contribution is 2.29. The molecule has 3 rings (SSSR count). The number of aromatic nitrogens is 2. The van der Waals surface area contributed by atoms with Gasteiger partial charge in [-0.05, 0) is 49.1 Å². The number of ether oxygens (including phenoxy) is 3. The number of rotatable bonds is 5. The fourth-order valence-corrected chi connectivity index (χ4v) is 2.46. The highest BCUT2D eigenvalue weighted by molar-refractivity contribution is 5.64. The standard InChI is InChI=1S/C16H18FN2O3/c1-20-11-22-13-6-4-5-12(9-13)14-10-19(18-16(14)17)15-7-2-3-8-21-15/h5-6,9-10,15H,2-3,7-8,11H2,1H3. The van der Waals surface area contributed by atoms with Crippen LogP contribution in [0.25, 0.3) is 11.1 Å². The quantitative estimate of drug-likeness (QED) is 0.796. The van der Waals surface area contributed by atoms with Gasteiger partial charge in [-0.3, -0.25) is 0 Å². The first-order chi connectivity index (χ1) is 10.8. The molecular weight excluding hydrogens is 287 g/mol. The molecule has 0 N–H and O–H groups in total. The molecule has 1 fully saturated rings. The summed E-state index contributed by atoms with van der Waals surface area (Å²) in [7, 11) is 1.54. The Balaban J connectivity index is 1.83. The van der Waals surface area contributed by atoms with Gasteiger partial charge in [-0.1, -0.05) is 0 Å². The molecule has 2 aromatic rings. The van der Waals surface area contributed by atoms with Crippen LogP contribution in [0.3, 0.4) is 0 Å². The Morgan fingerprint density at radius 3 is 3.14 bits per heavy atom. The van der Waals surface area contributed by atoms with Crippen LogP contribution in [0.1, 0.15) is 25.5 Å². The molecule has 2 heterocycles. The molecule has 22 heavy (non-hydrogen) atoms. The molecule has 1 aromatic carbocycles. The molecule has 1 aliphatic rings. The second-order valence-electron chi connectivity index (χ2n) is 5.14. The molecule has 0 spiro atoms. The summed E-state index contributed by atoms with van der Waals surface area (Å²) < 4.78 is 31.6. The van der Waals surface area contributed by atoms with Gasteiger partial charge in [-0.15, -0.1) is 5.10 Å². The normalized spacial score (nSPS) is 18.4. The number of nitrogens with zero attached hydrogens (tertiary/aromatic N) is 2. The van der Waals surface area contributed by atoms with E-state index < -0.39 is 5.95 Å². The van der Waals surface area contributed by atoms with Crippen LogP contribution in [0.5, 0.6) is 5.75 Å². The lowest BCUT2D eigenvalue weighted by Crippen LogP contribution is -2.18. The predicted molar refractivity (Wildman–Crippen MR) is 77.8 cm³/mol. The van der Waals surface area contributed by atoms with Crippen molar-refractivity contribution in [1.29, 1.82) is 0 Å². The van der Waals surface area contributed by atoms with Gasteiger partial charge in [0.1, 0.15) is 12.0 Å². The van der Waals surface area contributed by atoms with Gasteiger partial charge in [0.2, 0.25) is 5.95 Å². The van der Waals surface area contributed by atoms with Crippen molar-refractivity contribution in [3.8, 4) is 16.9 Å². The highest BCUT2D eigenvalue weighted by atomic mass is 19.1. The van der Waals surface area contributed by atoms with Crippen molar-refractivity contribution < 1.29 is 18.6 Å². The van der Waals surface area contributed by atoms with Gasteiger partial charge in [-0.2, -0.15) is 4.39 Å². The minimum atomic E-state index is -0.522. The molecule has 1 atom stereocenters. The lowest BCUT2D eigenvalue weighted by molar-refractivity contribution is -0.0402. The molecule has 0 aliphatic carbocycles. The molecule has 1 aromatic heterocycles. The summed E-state index contributed by atoms with van der Waals surface area (Å²) in [5, 5.41) is 3.95. The third-order valence-corrected chi connectivity index (χ3v) is 3.55. The minimum Gasteiger partial charge on any atom is -0.468 e. The molecule has 1 radical (unpaired) electrons. The van der Waals surface area contributed by atoms with E-state index in [1.54, 1.807) is 36.2 Å². The maximum atomic E-state index is 14.2. The minimum absolute atomic E-state index is 0.134. The van der Waals surface area contributed by atoms with Gasteiger partial charge in [-0.25, -0.2) is 4.68 Å². The molecule has 1 aliphatic heterocycles. The molecule has 117 valence electrons. The summed E-state index contributed by atoms with van der Waals surface area (Å²) in [4.78, 5) is 0. The lowest BCUT2D eigenvalue weighted by atomic mass is 10.1. The van der Waals surface area contributed by atoms with Crippen LogP contribution in [0.15, 0.2) is 24.4 Å². The molecule has 0 amide bonds. The van der Waals surface area contributed by atoms with Crippen molar-refractivity contribution in [2.75, 3.05) is 20.5 Å². The number of benzene rings is 1. The highest BCUT2D eigenvalue weighted by Gasteiger charge is 2.20. The first-order valence-electron chi connectivity index (χ1n) is 7.27. The average molecular weight is 305 g/mol. The zero-order valence-electron chi connectivity index (χ0n) is 12.4. The SMILES string of the molecule is COCOc1c[c]cc(-c2cn(C3CCCCO3)nc2F)c1. The summed E-state index contributed by atoms with van der Waals surface area (Å²) in [6, 6.07) is 8.05. The van der Waals surface area contributed by atoms with Crippen LogP contribution in [0, 0.1) is 12.0 Å².